The van der Waals surface area contributed by atoms with Gasteiger partial charge in [-0.1, -0.05) is 5.10 Å². The molecule has 4 heteroatoms. The maximum Gasteiger partial charge on any atom is 0.402 e. The monoisotopic (exact) mass is 101 g/mol. The summed E-state index contributed by atoms with van der Waals surface area (Å²) < 4.78 is 15.8. The molecule has 0 radical (unpaired) electrons. The largest absolute Gasteiger partial charge is 0.402 e. The van der Waals surface area contributed by atoms with E-state index in [0.29, 0.717) is 0 Å². The van der Waals surface area contributed by atoms with Crippen molar-refractivity contribution in [1.29, 1.82) is 0 Å². The summed E-state index contributed by atoms with van der Waals surface area (Å²) in [6.45, 7) is 1.52. The molecule has 0 saturated heterocycles. The van der Waals surface area contributed by atoms with Gasteiger partial charge in [-0.2, -0.15) is 0 Å². The Bertz CT molecular complexity index is 145. The van der Waals surface area contributed by atoms with Crippen LogP contribution in [-0.4, -0.2) is 10.2 Å². The highest BCUT2D eigenvalue weighted by Crippen LogP contribution is 1.91. The van der Waals surface area contributed by atoms with Gasteiger partial charge in [-0.15, -0.1) is 9.49 Å². The fourth-order valence-corrected chi connectivity index (χ4v) is 0.272. The Labute approximate surface area is 39.2 Å². The molecule has 38 valence electrons. The van der Waals surface area contributed by atoms with Crippen LogP contribution in [0.4, 0.5) is 4.39 Å². The molecule has 1 rings (SSSR count). The Morgan fingerprint density at radius 3 is 2.43 bits per heavy atom. The SMILES string of the molecule is Cc1nnc([18F])o1. The van der Waals surface area contributed by atoms with Gasteiger partial charge in [-0.05, 0) is 0 Å². The highest BCUT2D eigenvalue weighted by Gasteiger charge is 1.94. The second kappa shape index (κ2) is 1.29. The van der Waals surface area contributed by atoms with Gasteiger partial charge in [0.2, 0.25) is 5.89 Å². The first kappa shape index (κ1) is 4.23. The maximum absolute atomic E-state index is 11.6. The van der Waals surface area contributed by atoms with Crippen molar-refractivity contribution < 1.29 is 8.81 Å². The predicted molar refractivity (Wildman–Crippen MR) is 19.0 cm³/mol. The summed E-state index contributed by atoms with van der Waals surface area (Å²) in [5, 5.41) is 6.16. The summed E-state index contributed by atoms with van der Waals surface area (Å²) in [6.07, 6.45) is -0.877. The van der Waals surface area contributed by atoms with Crippen LogP contribution in [0.1, 0.15) is 5.89 Å². The average molecular weight is 101 g/mol. The molecule has 0 fully saturated rings. The third-order valence-electron chi connectivity index (χ3n) is 0.501. The van der Waals surface area contributed by atoms with E-state index in [4.69, 9.17) is 0 Å². The Morgan fingerprint density at radius 1 is 1.57 bits per heavy atom. The van der Waals surface area contributed by atoms with E-state index in [1.165, 1.54) is 6.92 Å². The summed E-state index contributed by atoms with van der Waals surface area (Å²) in [4.78, 5) is 0. The van der Waals surface area contributed by atoms with Crippen molar-refractivity contribution >= 4 is 0 Å². The zero-order valence-corrected chi connectivity index (χ0v) is 3.68. The molecule has 0 aliphatic heterocycles. The molecule has 0 amide bonds. The molecule has 0 saturated carbocycles. The number of aryl methyl sites for hydroxylation is 1. The van der Waals surface area contributed by atoms with Gasteiger partial charge in [0.25, 0.3) is 0 Å². The molecule has 1 heterocycles. The van der Waals surface area contributed by atoms with Gasteiger partial charge >= 0.3 is 6.14 Å². The van der Waals surface area contributed by atoms with Crippen molar-refractivity contribution in [2.75, 3.05) is 0 Å². The van der Waals surface area contributed by atoms with Crippen molar-refractivity contribution in [2.24, 2.45) is 0 Å². The van der Waals surface area contributed by atoms with Gasteiger partial charge in [-0.3, -0.25) is 0 Å². The summed E-state index contributed by atoms with van der Waals surface area (Å²) in [6, 6.07) is 0. The Kier molecular flexibility index (Phi) is 0.780. The van der Waals surface area contributed by atoms with E-state index in [-0.39, 0.29) is 5.89 Å². The number of rotatable bonds is 0. The van der Waals surface area contributed by atoms with Crippen LogP contribution in [0.15, 0.2) is 4.42 Å². The molecule has 7 heavy (non-hydrogen) atoms. The lowest BCUT2D eigenvalue weighted by Gasteiger charge is -1.66. The molecule has 1 aromatic heterocycles. The first-order valence-electron chi connectivity index (χ1n) is 1.74. The molecular weight excluding hydrogens is 98.0 g/mol. The number of hydrogen-bond acceptors (Lipinski definition) is 3. The number of nitrogens with zero attached hydrogens (tertiary/aromatic N) is 2. The maximum atomic E-state index is 11.6. The van der Waals surface area contributed by atoms with E-state index in [2.05, 4.69) is 14.6 Å². The molecule has 0 aliphatic carbocycles. The van der Waals surface area contributed by atoms with Crippen LogP contribution >= 0.6 is 0 Å². The van der Waals surface area contributed by atoms with E-state index in [1.807, 2.05) is 0 Å². The summed E-state index contributed by atoms with van der Waals surface area (Å²) >= 11 is 0. The number of halogens is 1. The zero-order valence-electron chi connectivity index (χ0n) is 3.68. The molecule has 1 aromatic rings. The third kappa shape index (κ3) is 0.734. The smallest absolute Gasteiger partial charge is 0.400 e. The fourth-order valence-electron chi connectivity index (χ4n) is 0.272. The molecule has 0 atom stereocenters. The first-order valence-corrected chi connectivity index (χ1v) is 1.74. The van der Waals surface area contributed by atoms with Crippen molar-refractivity contribution in [3.05, 3.63) is 12.0 Å². The third-order valence-corrected chi connectivity index (χ3v) is 0.501. The van der Waals surface area contributed by atoms with E-state index in [0.717, 1.165) is 0 Å². The topological polar surface area (TPSA) is 38.9 Å². The Hall–Kier alpha value is -0.930. The van der Waals surface area contributed by atoms with Crippen LogP contribution in [0.25, 0.3) is 0 Å². The van der Waals surface area contributed by atoms with Gasteiger partial charge in [-0.25, -0.2) is 0 Å². The summed E-state index contributed by atoms with van der Waals surface area (Å²) in [5.74, 6) is 0.248. The normalized spacial score (nSPS) is 9.43. The minimum absolute atomic E-state index is 0.248. The molecular formula is C3H3FN2O. The van der Waals surface area contributed by atoms with Gasteiger partial charge in [0.15, 0.2) is 0 Å². The first-order chi connectivity index (χ1) is 3.29. The van der Waals surface area contributed by atoms with Crippen LogP contribution in [0.3, 0.4) is 0 Å². The van der Waals surface area contributed by atoms with Crippen molar-refractivity contribution in [3.8, 4) is 0 Å². The van der Waals surface area contributed by atoms with Gasteiger partial charge in [0.05, 0.1) is 0 Å². The van der Waals surface area contributed by atoms with E-state index >= 15 is 0 Å². The van der Waals surface area contributed by atoms with Crippen LogP contribution in [0.2, 0.25) is 0 Å². The van der Waals surface area contributed by atoms with E-state index in [9.17, 15) is 4.39 Å². The second-order valence-corrected chi connectivity index (χ2v) is 1.07. The van der Waals surface area contributed by atoms with Crippen LogP contribution in [-0.2, 0) is 0 Å². The predicted octanol–water partition coefficient (Wildman–Crippen LogP) is 0.517. The quantitative estimate of drug-likeness (QED) is 0.478. The van der Waals surface area contributed by atoms with Crippen LogP contribution in [0.5, 0.6) is 0 Å². The molecule has 0 unspecified atom stereocenters. The standard InChI is InChI=1S/C3H3FN2O/c1-2-5-6-3(4)7-2/h1H3/i4-1. The van der Waals surface area contributed by atoms with Crippen molar-refractivity contribution in [1.82, 2.24) is 10.2 Å². The van der Waals surface area contributed by atoms with Crippen LogP contribution in [0, 0.1) is 13.1 Å². The molecule has 0 aromatic carbocycles. The number of aromatic nitrogens is 2. The fraction of sp³-hybridized carbons (Fsp3) is 0.333. The van der Waals surface area contributed by atoms with Crippen LogP contribution < -0.4 is 0 Å². The lowest BCUT2D eigenvalue weighted by molar-refractivity contribution is 0.325. The summed E-state index contributed by atoms with van der Waals surface area (Å²) in [7, 11) is 0. The molecule has 3 nitrogen and oxygen atoms in total. The van der Waals surface area contributed by atoms with Crippen molar-refractivity contribution in [2.45, 2.75) is 6.92 Å². The number of hydrogen-bond donors (Lipinski definition) is 0. The molecule has 0 N–H and O–H groups in total. The van der Waals surface area contributed by atoms with E-state index < -0.39 is 6.14 Å². The molecule has 0 aliphatic rings. The van der Waals surface area contributed by atoms with Gasteiger partial charge in [0.1, 0.15) is 0 Å². The Morgan fingerprint density at radius 2 is 2.29 bits per heavy atom. The second-order valence-electron chi connectivity index (χ2n) is 1.07. The van der Waals surface area contributed by atoms with Crippen molar-refractivity contribution in [3.63, 3.8) is 0 Å². The van der Waals surface area contributed by atoms with Gasteiger partial charge < -0.3 is 4.42 Å². The lowest BCUT2D eigenvalue weighted by atomic mass is 10.8. The lowest BCUT2D eigenvalue weighted by Crippen LogP contribution is -1.68. The minimum atomic E-state index is -0.877. The van der Waals surface area contributed by atoms with Gasteiger partial charge in [0, 0.05) is 6.92 Å². The molecule has 0 spiro atoms. The van der Waals surface area contributed by atoms with E-state index in [1.54, 1.807) is 0 Å². The highest BCUT2D eigenvalue weighted by molar-refractivity contribution is 4.62. The molecule has 0 bridgehead atoms. The zero-order chi connectivity index (χ0) is 5.28. The minimum Gasteiger partial charge on any atom is -0.400 e. The summed E-state index contributed by atoms with van der Waals surface area (Å²) in [5.41, 5.74) is 0. The highest BCUT2D eigenvalue weighted by atomic mass is 18.2. The average Bonchev–Trinajstić information content (AvgIpc) is 1.87. The Balaban J connectivity index is 3.04.